The quantitative estimate of drug-likeness (QED) is 0.620. The molecule has 5 heteroatoms. The lowest BCUT2D eigenvalue weighted by Crippen LogP contribution is -2.32. The Labute approximate surface area is 145 Å². The molecule has 0 fully saturated rings. The number of rotatable bonds is 8. The molecule has 1 aromatic carbocycles. The van der Waals surface area contributed by atoms with Crippen LogP contribution in [0.15, 0.2) is 70.7 Å². The van der Waals surface area contributed by atoms with Crippen molar-refractivity contribution in [3.05, 3.63) is 82.4 Å². The predicted octanol–water partition coefficient (Wildman–Crippen LogP) is 4.09. The molecule has 1 amide bonds. The van der Waals surface area contributed by atoms with Gasteiger partial charge in [0.15, 0.2) is 0 Å². The third kappa shape index (κ3) is 4.81. The van der Waals surface area contributed by atoms with Gasteiger partial charge in [0.2, 0.25) is 5.91 Å². The minimum absolute atomic E-state index is 0.0456. The summed E-state index contributed by atoms with van der Waals surface area (Å²) < 4.78 is 11.0. The van der Waals surface area contributed by atoms with Crippen molar-refractivity contribution >= 4 is 17.2 Å². The van der Waals surface area contributed by atoms with Crippen molar-refractivity contribution < 1.29 is 13.9 Å². The van der Waals surface area contributed by atoms with Gasteiger partial charge in [0, 0.05) is 4.88 Å². The molecule has 0 aliphatic rings. The molecule has 2 heterocycles. The highest BCUT2D eigenvalue weighted by atomic mass is 32.1. The molecular formula is C19H19NO3S. The number of benzene rings is 1. The van der Waals surface area contributed by atoms with Crippen molar-refractivity contribution in [1.29, 1.82) is 0 Å². The molecule has 0 radical (unpaired) electrons. The summed E-state index contributed by atoms with van der Waals surface area (Å²) in [5.41, 5.74) is 1.06. The zero-order valence-electron chi connectivity index (χ0n) is 13.3. The number of furan rings is 1. The van der Waals surface area contributed by atoms with Crippen molar-refractivity contribution in [3.63, 3.8) is 0 Å². The number of hydrogen-bond donors (Lipinski definition) is 0. The fourth-order valence-electron chi connectivity index (χ4n) is 2.34. The van der Waals surface area contributed by atoms with Crippen LogP contribution in [0.25, 0.3) is 0 Å². The molecule has 0 aliphatic heterocycles. The van der Waals surface area contributed by atoms with E-state index in [4.69, 9.17) is 9.15 Å². The van der Waals surface area contributed by atoms with Crippen LogP contribution in [0.3, 0.4) is 0 Å². The first-order valence-electron chi connectivity index (χ1n) is 7.75. The largest absolute Gasteiger partial charge is 0.467 e. The van der Waals surface area contributed by atoms with E-state index in [-0.39, 0.29) is 12.5 Å². The van der Waals surface area contributed by atoms with Crippen molar-refractivity contribution in [2.24, 2.45) is 0 Å². The molecule has 4 nitrogen and oxygen atoms in total. The fraction of sp³-hybridized carbons (Fsp3) is 0.211. The Morgan fingerprint density at radius 1 is 1.04 bits per heavy atom. The summed E-state index contributed by atoms with van der Waals surface area (Å²) in [6, 6.07) is 17.6. The van der Waals surface area contributed by atoms with Crippen LogP contribution in [-0.4, -0.2) is 17.4 Å². The maximum atomic E-state index is 12.5. The second kappa shape index (κ2) is 8.47. The first kappa shape index (κ1) is 16.5. The first-order valence-corrected chi connectivity index (χ1v) is 8.63. The summed E-state index contributed by atoms with van der Waals surface area (Å²) in [7, 11) is 0. The lowest BCUT2D eigenvalue weighted by molar-refractivity contribution is -0.138. The molecule has 2 aromatic heterocycles. The van der Waals surface area contributed by atoms with E-state index in [0.717, 1.165) is 16.2 Å². The molecule has 0 unspecified atom stereocenters. The van der Waals surface area contributed by atoms with Crippen LogP contribution in [0.1, 0.15) is 16.2 Å². The molecule has 0 aliphatic carbocycles. The SMILES string of the molecule is O=C(COCc1ccccc1)N(Cc1ccco1)Cc1cccs1. The van der Waals surface area contributed by atoms with E-state index in [1.807, 2.05) is 60.0 Å². The van der Waals surface area contributed by atoms with Crippen LogP contribution in [-0.2, 0) is 29.2 Å². The summed E-state index contributed by atoms with van der Waals surface area (Å²) in [6.45, 7) is 1.49. The van der Waals surface area contributed by atoms with Gasteiger partial charge in [-0.3, -0.25) is 4.79 Å². The van der Waals surface area contributed by atoms with Gasteiger partial charge in [0.05, 0.1) is 26.0 Å². The summed E-state index contributed by atoms with van der Waals surface area (Å²) in [4.78, 5) is 15.4. The number of nitrogens with zero attached hydrogens (tertiary/aromatic N) is 1. The van der Waals surface area contributed by atoms with E-state index in [1.54, 1.807) is 22.5 Å². The Morgan fingerprint density at radius 2 is 1.92 bits per heavy atom. The highest BCUT2D eigenvalue weighted by Crippen LogP contribution is 2.15. The molecular weight excluding hydrogens is 322 g/mol. The lowest BCUT2D eigenvalue weighted by atomic mass is 10.2. The minimum atomic E-state index is -0.0456. The molecule has 24 heavy (non-hydrogen) atoms. The zero-order chi connectivity index (χ0) is 16.6. The normalized spacial score (nSPS) is 10.7. The smallest absolute Gasteiger partial charge is 0.249 e. The van der Waals surface area contributed by atoms with E-state index in [2.05, 4.69) is 0 Å². The van der Waals surface area contributed by atoms with Crippen LogP contribution < -0.4 is 0 Å². The van der Waals surface area contributed by atoms with E-state index in [9.17, 15) is 4.79 Å². The predicted molar refractivity (Wildman–Crippen MR) is 93.4 cm³/mol. The second-order valence-corrected chi connectivity index (χ2v) is 6.42. The van der Waals surface area contributed by atoms with Crippen LogP contribution in [0.2, 0.25) is 0 Å². The van der Waals surface area contributed by atoms with Crippen molar-refractivity contribution in [2.75, 3.05) is 6.61 Å². The number of ether oxygens (including phenoxy) is 1. The monoisotopic (exact) mass is 341 g/mol. The van der Waals surface area contributed by atoms with Gasteiger partial charge in [0.1, 0.15) is 12.4 Å². The Balaban J connectivity index is 1.57. The highest BCUT2D eigenvalue weighted by Gasteiger charge is 2.16. The molecule has 0 bridgehead atoms. The van der Waals surface area contributed by atoms with Gasteiger partial charge in [0.25, 0.3) is 0 Å². The fourth-order valence-corrected chi connectivity index (χ4v) is 3.05. The number of hydrogen-bond acceptors (Lipinski definition) is 4. The van der Waals surface area contributed by atoms with Crippen molar-refractivity contribution in [3.8, 4) is 0 Å². The topological polar surface area (TPSA) is 42.7 Å². The Kier molecular flexibility index (Phi) is 5.82. The van der Waals surface area contributed by atoms with Crippen LogP contribution >= 0.6 is 11.3 Å². The summed E-state index contributed by atoms with van der Waals surface area (Å²) >= 11 is 1.64. The molecule has 0 atom stereocenters. The standard InChI is InChI=1S/C19H19NO3S/c21-19(15-22-14-16-6-2-1-3-7-16)20(12-17-8-4-10-23-17)13-18-9-5-11-24-18/h1-11H,12-15H2. The molecule has 0 N–H and O–H groups in total. The van der Waals surface area contributed by atoms with Crippen LogP contribution in [0.4, 0.5) is 0 Å². The second-order valence-electron chi connectivity index (χ2n) is 5.39. The maximum absolute atomic E-state index is 12.5. The first-order chi connectivity index (χ1) is 11.8. The number of carbonyl (C=O) groups is 1. The lowest BCUT2D eigenvalue weighted by Gasteiger charge is -2.21. The van der Waals surface area contributed by atoms with E-state index in [1.165, 1.54) is 0 Å². The van der Waals surface area contributed by atoms with E-state index >= 15 is 0 Å². The van der Waals surface area contributed by atoms with Gasteiger partial charge < -0.3 is 14.1 Å². The Morgan fingerprint density at radius 3 is 2.62 bits per heavy atom. The molecule has 3 rings (SSSR count). The molecule has 0 spiro atoms. The number of carbonyl (C=O) groups excluding carboxylic acids is 1. The van der Waals surface area contributed by atoms with Gasteiger partial charge in [-0.25, -0.2) is 0 Å². The average molecular weight is 341 g/mol. The summed E-state index contributed by atoms with van der Waals surface area (Å²) in [5, 5.41) is 2.01. The number of thiophene rings is 1. The Bertz CT molecular complexity index is 687. The van der Waals surface area contributed by atoms with E-state index in [0.29, 0.717) is 19.7 Å². The van der Waals surface area contributed by atoms with Gasteiger partial charge in [-0.2, -0.15) is 0 Å². The van der Waals surface area contributed by atoms with Crippen molar-refractivity contribution in [1.82, 2.24) is 4.90 Å². The molecule has 0 saturated heterocycles. The average Bonchev–Trinajstić information content (AvgIpc) is 3.29. The van der Waals surface area contributed by atoms with Gasteiger partial charge in [-0.05, 0) is 29.1 Å². The third-order valence-corrected chi connectivity index (χ3v) is 4.40. The van der Waals surface area contributed by atoms with Crippen LogP contribution in [0.5, 0.6) is 0 Å². The maximum Gasteiger partial charge on any atom is 0.249 e. The van der Waals surface area contributed by atoms with Crippen LogP contribution in [0, 0.1) is 0 Å². The number of amides is 1. The third-order valence-electron chi connectivity index (χ3n) is 3.54. The summed E-state index contributed by atoms with van der Waals surface area (Å²) in [6.07, 6.45) is 1.62. The molecule has 0 saturated carbocycles. The minimum Gasteiger partial charge on any atom is -0.467 e. The molecule has 124 valence electrons. The van der Waals surface area contributed by atoms with Gasteiger partial charge in [-0.1, -0.05) is 36.4 Å². The molecule has 3 aromatic rings. The highest BCUT2D eigenvalue weighted by molar-refractivity contribution is 7.09. The van der Waals surface area contributed by atoms with Gasteiger partial charge >= 0.3 is 0 Å². The summed E-state index contributed by atoms with van der Waals surface area (Å²) in [5.74, 6) is 0.721. The Hall–Kier alpha value is -2.37. The zero-order valence-corrected chi connectivity index (χ0v) is 14.1. The van der Waals surface area contributed by atoms with Crippen molar-refractivity contribution in [2.45, 2.75) is 19.7 Å². The van der Waals surface area contributed by atoms with E-state index < -0.39 is 0 Å². The van der Waals surface area contributed by atoms with Gasteiger partial charge in [-0.15, -0.1) is 11.3 Å².